The van der Waals surface area contributed by atoms with Crippen LogP contribution in [0.4, 0.5) is 11.9 Å². The van der Waals surface area contributed by atoms with Crippen LogP contribution >= 0.6 is 23.2 Å². The van der Waals surface area contributed by atoms with Crippen LogP contribution in [0.15, 0.2) is 48.5 Å². The summed E-state index contributed by atoms with van der Waals surface area (Å²) in [5, 5.41) is 11.9. The van der Waals surface area contributed by atoms with Gasteiger partial charge in [0.1, 0.15) is 0 Å². The van der Waals surface area contributed by atoms with E-state index in [0.717, 1.165) is 17.5 Å². The second-order valence-corrected chi connectivity index (χ2v) is 7.25. The third-order valence-corrected chi connectivity index (χ3v) is 5.11. The van der Waals surface area contributed by atoms with Crippen molar-refractivity contribution in [1.82, 2.24) is 14.8 Å². The molecule has 0 saturated heterocycles. The van der Waals surface area contributed by atoms with Crippen LogP contribution < -0.4 is 10.6 Å². The van der Waals surface area contributed by atoms with Gasteiger partial charge < -0.3 is 5.32 Å². The van der Waals surface area contributed by atoms with Crippen molar-refractivity contribution in [2.24, 2.45) is 0 Å². The van der Waals surface area contributed by atoms with Gasteiger partial charge in [-0.05, 0) is 35.7 Å². The van der Waals surface area contributed by atoms with E-state index >= 15 is 0 Å². The molecule has 0 unspecified atom stereocenters. The van der Waals surface area contributed by atoms with Crippen LogP contribution in [-0.4, -0.2) is 20.7 Å². The molecule has 0 fully saturated rings. The first kappa shape index (κ1) is 17.8. The molecule has 0 spiro atoms. The first-order valence-corrected chi connectivity index (χ1v) is 9.27. The molecule has 2 atom stereocenters. The molecule has 1 amide bonds. The maximum atomic E-state index is 11.4. The molecule has 3 aromatic rings. The number of amides is 1. The normalized spacial score (nSPS) is 18.5. The van der Waals surface area contributed by atoms with Gasteiger partial charge in [-0.1, -0.05) is 53.5 Å². The summed E-state index contributed by atoms with van der Waals surface area (Å²) in [5.41, 5.74) is 2.05. The Morgan fingerprint density at radius 2 is 1.93 bits per heavy atom. The molecule has 8 heteroatoms. The van der Waals surface area contributed by atoms with Crippen molar-refractivity contribution in [1.29, 1.82) is 0 Å². The Bertz CT molecular complexity index is 986. The van der Waals surface area contributed by atoms with Gasteiger partial charge in [-0.25, -0.2) is 4.68 Å². The van der Waals surface area contributed by atoms with E-state index in [1.165, 1.54) is 6.92 Å². The molecular weight excluding hydrogens is 385 g/mol. The van der Waals surface area contributed by atoms with Gasteiger partial charge in [0.05, 0.1) is 12.1 Å². The first-order chi connectivity index (χ1) is 13.0. The van der Waals surface area contributed by atoms with E-state index in [-0.39, 0.29) is 23.9 Å². The number of aromatic nitrogens is 3. The van der Waals surface area contributed by atoms with E-state index in [4.69, 9.17) is 23.2 Å². The molecule has 138 valence electrons. The third-order valence-electron chi connectivity index (χ3n) is 4.51. The highest BCUT2D eigenvalue weighted by atomic mass is 35.5. The van der Waals surface area contributed by atoms with Gasteiger partial charge in [-0.3, -0.25) is 10.1 Å². The average molecular weight is 402 g/mol. The van der Waals surface area contributed by atoms with Gasteiger partial charge in [-0.15, -0.1) is 5.10 Å². The smallest absolute Gasteiger partial charge is 0.250 e. The van der Waals surface area contributed by atoms with Crippen molar-refractivity contribution in [3.63, 3.8) is 0 Å². The lowest BCUT2D eigenvalue weighted by molar-refractivity contribution is -0.114. The minimum atomic E-state index is -0.221. The van der Waals surface area contributed by atoms with Crippen LogP contribution in [-0.2, 0) is 4.79 Å². The van der Waals surface area contributed by atoms with Crippen molar-refractivity contribution in [3.8, 4) is 0 Å². The second kappa shape index (κ2) is 7.21. The number of rotatable bonds is 3. The number of anilines is 2. The summed E-state index contributed by atoms with van der Waals surface area (Å²) in [6, 6.07) is 15.3. The minimum absolute atomic E-state index is 0.00502. The highest BCUT2D eigenvalue weighted by molar-refractivity contribution is 6.31. The summed E-state index contributed by atoms with van der Waals surface area (Å²) in [5.74, 6) is 0.621. The molecule has 6 nitrogen and oxygen atoms in total. The van der Waals surface area contributed by atoms with Gasteiger partial charge in [0.15, 0.2) is 0 Å². The van der Waals surface area contributed by atoms with Gasteiger partial charge in [0.2, 0.25) is 11.9 Å². The highest BCUT2D eigenvalue weighted by Gasteiger charge is 2.32. The van der Waals surface area contributed by atoms with Crippen LogP contribution in [0.2, 0.25) is 10.0 Å². The van der Waals surface area contributed by atoms with Crippen molar-refractivity contribution in [2.75, 3.05) is 10.6 Å². The molecule has 0 saturated carbocycles. The molecule has 0 aliphatic carbocycles. The van der Waals surface area contributed by atoms with Crippen molar-refractivity contribution in [3.05, 3.63) is 69.7 Å². The zero-order valence-corrected chi connectivity index (χ0v) is 16.0. The standard InChI is InChI=1S/C19H17Cl2N5O/c1-11(27)22-18-24-19-23-16(12-6-8-13(20)9-7-12)10-17(26(19)25-18)14-4-2-3-5-15(14)21/h2-9,16-17H,10H2,1H3,(H2,22,23,24,25,27)/t16-,17+/m0/s1. The topological polar surface area (TPSA) is 71.8 Å². The monoisotopic (exact) mass is 401 g/mol. The predicted molar refractivity (Wildman–Crippen MR) is 106 cm³/mol. The van der Waals surface area contributed by atoms with E-state index in [0.29, 0.717) is 16.0 Å². The summed E-state index contributed by atoms with van der Waals surface area (Å²) in [6.45, 7) is 1.43. The number of nitrogens with one attached hydrogen (secondary N) is 2. The lowest BCUT2D eigenvalue weighted by atomic mass is 9.93. The Morgan fingerprint density at radius 1 is 1.19 bits per heavy atom. The summed E-state index contributed by atoms with van der Waals surface area (Å²) < 4.78 is 1.78. The van der Waals surface area contributed by atoms with Gasteiger partial charge in [0.25, 0.3) is 5.95 Å². The van der Waals surface area contributed by atoms with Crippen LogP contribution in [0, 0.1) is 0 Å². The minimum Gasteiger partial charge on any atom is -0.347 e. The molecule has 27 heavy (non-hydrogen) atoms. The molecule has 1 aliphatic heterocycles. The van der Waals surface area contributed by atoms with E-state index in [1.807, 2.05) is 48.5 Å². The third kappa shape index (κ3) is 3.63. The van der Waals surface area contributed by atoms with Gasteiger partial charge >= 0.3 is 0 Å². The largest absolute Gasteiger partial charge is 0.347 e. The molecule has 4 rings (SSSR count). The number of nitrogens with zero attached hydrogens (tertiary/aromatic N) is 3. The fraction of sp³-hybridized carbons (Fsp3) is 0.211. The summed E-state index contributed by atoms with van der Waals surface area (Å²) in [4.78, 5) is 15.8. The number of hydrogen-bond donors (Lipinski definition) is 2. The average Bonchev–Trinajstić information content (AvgIpc) is 3.03. The molecule has 1 aliphatic rings. The van der Waals surface area contributed by atoms with Crippen LogP contribution in [0.1, 0.15) is 36.6 Å². The molecule has 0 bridgehead atoms. The SMILES string of the molecule is CC(=O)Nc1nc2n(n1)[C@@H](c1ccccc1Cl)C[C@@H](c1ccc(Cl)cc1)N2. The number of benzene rings is 2. The lowest BCUT2D eigenvalue weighted by Gasteiger charge is -2.32. The van der Waals surface area contributed by atoms with E-state index in [9.17, 15) is 4.79 Å². The van der Waals surface area contributed by atoms with Crippen molar-refractivity contribution >= 4 is 41.0 Å². The number of fused-ring (bicyclic) bond motifs is 1. The Kier molecular flexibility index (Phi) is 4.76. The highest BCUT2D eigenvalue weighted by Crippen LogP contribution is 2.40. The number of halogens is 2. The molecule has 0 radical (unpaired) electrons. The first-order valence-electron chi connectivity index (χ1n) is 8.52. The maximum Gasteiger partial charge on any atom is 0.250 e. The second-order valence-electron chi connectivity index (χ2n) is 6.41. The quantitative estimate of drug-likeness (QED) is 0.667. The Labute approximate surface area is 166 Å². The number of carbonyl (C=O) groups excluding carboxylic acids is 1. The van der Waals surface area contributed by atoms with E-state index in [2.05, 4.69) is 20.7 Å². The van der Waals surface area contributed by atoms with Gasteiger partial charge in [-0.2, -0.15) is 4.98 Å². The Balaban J connectivity index is 1.77. The fourth-order valence-electron chi connectivity index (χ4n) is 3.31. The molecule has 2 heterocycles. The van der Waals surface area contributed by atoms with E-state index in [1.54, 1.807) is 4.68 Å². The zero-order chi connectivity index (χ0) is 19.0. The van der Waals surface area contributed by atoms with Crippen molar-refractivity contribution in [2.45, 2.75) is 25.4 Å². The Hall–Kier alpha value is -2.57. The number of carbonyl (C=O) groups is 1. The number of hydrogen-bond acceptors (Lipinski definition) is 4. The molecule has 1 aromatic heterocycles. The van der Waals surface area contributed by atoms with Crippen LogP contribution in [0.5, 0.6) is 0 Å². The summed E-state index contributed by atoms with van der Waals surface area (Å²) >= 11 is 12.5. The van der Waals surface area contributed by atoms with E-state index < -0.39 is 0 Å². The zero-order valence-electron chi connectivity index (χ0n) is 14.5. The fourth-order valence-corrected chi connectivity index (χ4v) is 3.69. The van der Waals surface area contributed by atoms with Crippen LogP contribution in [0.3, 0.4) is 0 Å². The lowest BCUT2D eigenvalue weighted by Crippen LogP contribution is -2.28. The maximum absolute atomic E-state index is 11.4. The van der Waals surface area contributed by atoms with Gasteiger partial charge in [0, 0.05) is 17.0 Å². The summed E-state index contributed by atoms with van der Waals surface area (Å²) in [6.07, 6.45) is 0.723. The molecule has 2 N–H and O–H groups in total. The predicted octanol–water partition coefficient (Wildman–Crippen LogP) is 4.69. The molecule has 2 aromatic carbocycles. The molecular formula is C19H17Cl2N5O. The van der Waals surface area contributed by atoms with Crippen LogP contribution in [0.25, 0.3) is 0 Å². The Morgan fingerprint density at radius 3 is 2.63 bits per heavy atom. The van der Waals surface area contributed by atoms with Crippen molar-refractivity contribution < 1.29 is 4.79 Å². The summed E-state index contributed by atoms with van der Waals surface area (Å²) in [7, 11) is 0.